The normalized spacial score (nSPS) is 13.2. The Hall–Kier alpha value is -2.04. The first-order valence-electron chi connectivity index (χ1n) is 5.16. The standard InChI is InChI=1S/C12H16N2O3/c1-14-12(13)10(7-11(16)17-2)8-3-5-9(15)6-4-8/h3-6,10,15H,7H2,1-2H3,(H2,13,14)/t10-/m0/s1. The summed E-state index contributed by atoms with van der Waals surface area (Å²) in [5.41, 5.74) is 6.59. The van der Waals surface area contributed by atoms with Crippen LogP contribution in [0.2, 0.25) is 0 Å². The number of hydrogen-bond acceptors (Lipinski definition) is 4. The van der Waals surface area contributed by atoms with Crippen LogP contribution >= 0.6 is 0 Å². The van der Waals surface area contributed by atoms with Crippen molar-refractivity contribution in [3.63, 3.8) is 0 Å². The van der Waals surface area contributed by atoms with Crippen molar-refractivity contribution in [2.45, 2.75) is 12.3 Å². The van der Waals surface area contributed by atoms with Gasteiger partial charge in [-0.1, -0.05) is 12.1 Å². The van der Waals surface area contributed by atoms with Crippen LogP contribution in [-0.2, 0) is 9.53 Å². The lowest BCUT2D eigenvalue weighted by Gasteiger charge is -2.15. The molecule has 0 bridgehead atoms. The van der Waals surface area contributed by atoms with Gasteiger partial charge in [0.05, 0.1) is 19.4 Å². The Morgan fingerprint density at radius 2 is 2.06 bits per heavy atom. The maximum absolute atomic E-state index is 11.3. The number of ether oxygens (including phenoxy) is 1. The molecule has 1 aromatic rings. The fourth-order valence-electron chi connectivity index (χ4n) is 1.51. The molecule has 1 aromatic carbocycles. The summed E-state index contributed by atoms with van der Waals surface area (Å²) < 4.78 is 4.62. The first-order valence-corrected chi connectivity index (χ1v) is 5.16. The van der Waals surface area contributed by atoms with Crippen LogP contribution in [-0.4, -0.2) is 31.1 Å². The number of esters is 1. The zero-order chi connectivity index (χ0) is 12.8. The maximum Gasteiger partial charge on any atom is 0.306 e. The summed E-state index contributed by atoms with van der Waals surface area (Å²) in [7, 11) is 2.90. The van der Waals surface area contributed by atoms with Gasteiger partial charge in [0.15, 0.2) is 0 Å². The van der Waals surface area contributed by atoms with Gasteiger partial charge in [0, 0.05) is 7.05 Å². The van der Waals surface area contributed by atoms with E-state index in [4.69, 9.17) is 5.73 Å². The lowest BCUT2D eigenvalue weighted by molar-refractivity contribution is -0.140. The number of nitrogens with zero attached hydrogens (tertiary/aromatic N) is 1. The molecule has 17 heavy (non-hydrogen) atoms. The molecule has 0 heterocycles. The van der Waals surface area contributed by atoms with E-state index < -0.39 is 0 Å². The number of carbonyl (C=O) groups excluding carboxylic acids is 1. The van der Waals surface area contributed by atoms with Gasteiger partial charge >= 0.3 is 5.97 Å². The third kappa shape index (κ3) is 3.48. The van der Waals surface area contributed by atoms with Gasteiger partial charge in [0.1, 0.15) is 11.6 Å². The Balaban J connectivity index is 2.98. The molecule has 0 spiro atoms. The zero-order valence-electron chi connectivity index (χ0n) is 9.88. The first kappa shape index (κ1) is 13.0. The second-order valence-corrected chi connectivity index (χ2v) is 3.57. The lowest BCUT2D eigenvalue weighted by atomic mass is 9.94. The molecular formula is C12H16N2O3. The van der Waals surface area contributed by atoms with Crippen molar-refractivity contribution >= 4 is 11.8 Å². The van der Waals surface area contributed by atoms with Gasteiger partial charge in [-0.15, -0.1) is 0 Å². The summed E-state index contributed by atoms with van der Waals surface area (Å²) >= 11 is 0. The summed E-state index contributed by atoms with van der Waals surface area (Å²) in [6.45, 7) is 0. The summed E-state index contributed by atoms with van der Waals surface area (Å²) in [6, 6.07) is 6.51. The number of amidine groups is 1. The van der Waals surface area contributed by atoms with Crippen molar-refractivity contribution in [3.8, 4) is 5.75 Å². The highest BCUT2D eigenvalue weighted by atomic mass is 16.5. The number of aliphatic imine (C=N–C) groups is 1. The van der Waals surface area contributed by atoms with E-state index in [1.807, 2.05) is 0 Å². The van der Waals surface area contributed by atoms with Crippen molar-refractivity contribution in [3.05, 3.63) is 29.8 Å². The average Bonchev–Trinajstić information content (AvgIpc) is 2.36. The van der Waals surface area contributed by atoms with Gasteiger partial charge in [-0.3, -0.25) is 9.79 Å². The molecular weight excluding hydrogens is 220 g/mol. The van der Waals surface area contributed by atoms with Crippen LogP contribution in [0.25, 0.3) is 0 Å². The van der Waals surface area contributed by atoms with E-state index in [-0.39, 0.29) is 24.1 Å². The van der Waals surface area contributed by atoms with Crippen molar-refractivity contribution in [2.75, 3.05) is 14.2 Å². The summed E-state index contributed by atoms with van der Waals surface area (Å²) in [5, 5.41) is 9.21. The molecule has 5 nitrogen and oxygen atoms in total. The van der Waals surface area contributed by atoms with Gasteiger partial charge in [-0.05, 0) is 17.7 Å². The van der Waals surface area contributed by atoms with Crippen LogP contribution in [0.5, 0.6) is 5.75 Å². The summed E-state index contributed by atoms with van der Waals surface area (Å²) in [4.78, 5) is 15.2. The first-order chi connectivity index (χ1) is 8.08. The Labute approximate surface area is 99.9 Å². The summed E-state index contributed by atoms with van der Waals surface area (Å²) in [6.07, 6.45) is 0.129. The number of rotatable bonds is 4. The van der Waals surface area contributed by atoms with Crippen molar-refractivity contribution in [1.29, 1.82) is 0 Å². The molecule has 1 rings (SSSR count). The molecule has 0 saturated heterocycles. The molecule has 0 aromatic heterocycles. The lowest BCUT2D eigenvalue weighted by Crippen LogP contribution is -2.24. The van der Waals surface area contributed by atoms with Crippen molar-refractivity contribution < 1.29 is 14.6 Å². The van der Waals surface area contributed by atoms with Crippen molar-refractivity contribution in [1.82, 2.24) is 0 Å². The summed E-state index contributed by atoms with van der Waals surface area (Å²) in [5.74, 6) is -0.151. The van der Waals surface area contributed by atoms with E-state index >= 15 is 0 Å². The second-order valence-electron chi connectivity index (χ2n) is 3.57. The molecule has 0 aliphatic rings. The number of phenols is 1. The number of phenolic OH excluding ortho intramolecular Hbond substituents is 1. The van der Waals surface area contributed by atoms with Crippen LogP contribution in [0.15, 0.2) is 29.3 Å². The molecule has 0 aliphatic carbocycles. The molecule has 1 atom stereocenters. The molecule has 5 heteroatoms. The maximum atomic E-state index is 11.3. The Morgan fingerprint density at radius 1 is 1.47 bits per heavy atom. The number of carbonyl (C=O) groups is 1. The van der Waals surface area contributed by atoms with E-state index in [0.717, 1.165) is 5.56 Å². The predicted octanol–water partition coefficient (Wildman–Crippen LogP) is 1.03. The Kier molecular flexibility index (Phi) is 4.51. The van der Waals surface area contributed by atoms with E-state index in [2.05, 4.69) is 9.73 Å². The number of hydrogen-bond donors (Lipinski definition) is 2. The molecule has 92 valence electrons. The highest BCUT2D eigenvalue weighted by molar-refractivity contribution is 5.91. The minimum absolute atomic E-state index is 0.129. The monoisotopic (exact) mass is 236 g/mol. The van der Waals surface area contributed by atoms with Crippen LogP contribution in [0.4, 0.5) is 0 Å². The second kappa shape index (κ2) is 5.89. The van der Waals surface area contributed by atoms with E-state index in [1.165, 1.54) is 7.11 Å². The van der Waals surface area contributed by atoms with Gasteiger partial charge in [0.2, 0.25) is 0 Å². The highest BCUT2D eigenvalue weighted by Gasteiger charge is 2.20. The molecule has 0 amide bonds. The van der Waals surface area contributed by atoms with E-state index in [9.17, 15) is 9.90 Å². The van der Waals surface area contributed by atoms with Crippen LogP contribution in [0.1, 0.15) is 17.9 Å². The van der Waals surface area contributed by atoms with Crippen LogP contribution < -0.4 is 5.73 Å². The SMILES string of the molecule is CN=C(N)[C@@H](CC(=O)OC)c1ccc(O)cc1. The largest absolute Gasteiger partial charge is 0.508 e. The molecule has 0 saturated carbocycles. The molecule has 3 N–H and O–H groups in total. The van der Waals surface area contributed by atoms with E-state index in [1.54, 1.807) is 31.3 Å². The Bertz CT molecular complexity index is 412. The molecule has 0 radical (unpaired) electrons. The van der Waals surface area contributed by atoms with E-state index in [0.29, 0.717) is 5.84 Å². The number of nitrogens with two attached hydrogens (primary N) is 1. The smallest absolute Gasteiger partial charge is 0.306 e. The van der Waals surface area contributed by atoms with Crippen molar-refractivity contribution in [2.24, 2.45) is 10.7 Å². The number of benzene rings is 1. The minimum atomic E-state index is -0.352. The number of aromatic hydroxyl groups is 1. The third-order valence-electron chi connectivity index (χ3n) is 2.51. The Morgan fingerprint density at radius 3 is 2.53 bits per heavy atom. The van der Waals surface area contributed by atoms with Crippen LogP contribution in [0, 0.1) is 0 Å². The minimum Gasteiger partial charge on any atom is -0.508 e. The fourth-order valence-corrected chi connectivity index (χ4v) is 1.51. The topological polar surface area (TPSA) is 84.9 Å². The van der Waals surface area contributed by atoms with Gasteiger partial charge in [0.25, 0.3) is 0 Å². The third-order valence-corrected chi connectivity index (χ3v) is 2.51. The van der Waals surface area contributed by atoms with Gasteiger partial charge < -0.3 is 15.6 Å². The van der Waals surface area contributed by atoms with Gasteiger partial charge in [-0.25, -0.2) is 0 Å². The molecule has 0 unspecified atom stereocenters. The average molecular weight is 236 g/mol. The quantitative estimate of drug-likeness (QED) is 0.464. The van der Waals surface area contributed by atoms with Gasteiger partial charge in [-0.2, -0.15) is 0 Å². The fraction of sp³-hybridized carbons (Fsp3) is 0.333. The van der Waals surface area contributed by atoms with Crippen LogP contribution in [0.3, 0.4) is 0 Å². The molecule has 0 aliphatic heterocycles. The zero-order valence-corrected chi connectivity index (χ0v) is 9.88. The predicted molar refractivity (Wildman–Crippen MR) is 65.0 cm³/mol. The number of methoxy groups -OCH3 is 1. The highest BCUT2D eigenvalue weighted by Crippen LogP contribution is 2.22. The molecule has 0 fully saturated rings.